The molecule has 3 N–H and O–H groups in total. The summed E-state index contributed by atoms with van der Waals surface area (Å²) in [5.74, 6) is 2.68. The number of hydrogen-bond acceptors (Lipinski definition) is 6. The topological polar surface area (TPSA) is 120 Å². The fourth-order valence-electron chi connectivity index (χ4n) is 5.42. The highest BCUT2D eigenvalue weighted by Gasteiger charge is 2.35. The van der Waals surface area contributed by atoms with E-state index in [0.717, 1.165) is 72.0 Å². The molecular weight excluding hydrogens is 464 g/mol. The number of nitrogens with two attached hydrogens (primary N) is 1. The van der Waals surface area contributed by atoms with Crippen molar-refractivity contribution >= 4 is 10.0 Å². The molecule has 1 aliphatic heterocycles. The molecule has 35 heavy (non-hydrogen) atoms. The molecule has 3 aromatic rings. The maximum absolute atomic E-state index is 12.2. The number of aromatic amines is 1. The van der Waals surface area contributed by atoms with E-state index < -0.39 is 15.3 Å². The van der Waals surface area contributed by atoms with Crippen molar-refractivity contribution in [3.05, 3.63) is 47.9 Å². The number of primary sulfonamides is 1. The normalized spacial score (nSPS) is 20.7. The molecule has 1 aromatic carbocycles. The van der Waals surface area contributed by atoms with Crippen LogP contribution in [0.5, 0.6) is 11.5 Å². The van der Waals surface area contributed by atoms with Gasteiger partial charge < -0.3 is 14.5 Å². The minimum Gasteiger partial charge on any atom is -0.454 e. The molecule has 3 heterocycles. The number of benzene rings is 1. The van der Waals surface area contributed by atoms with E-state index in [-0.39, 0.29) is 18.6 Å². The van der Waals surface area contributed by atoms with Gasteiger partial charge in [-0.2, -0.15) is 0 Å². The van der Waals surface area contributed by atoms with E-state index in [2.05, 4.69) is 4.98 Å². The third-order valence-electron chi connectivity index (χ3n) is 7.19. The Kier molecular flexibility index (Phi) is 6.55. The van der Waals surface area contributed by atoms with Crippen LogP contribution in [0.2, 0.25) is 0 Å². The average Bonchev–Trinajstić information content (AvgIpc) is 3.49. The molecule has 186 valence electrons. The standard InChI is InChI=1S/C26H32N4O4S/c1-3-5-23(35(27,31)32)17-8-10-18(11-9-17)26-29-24(19-12-13-21-22(14-19)34-15-33-21)25(30-26)20-7-4-6-16(2)28-20/h4,6-7,12-14,17-18,23H,3,5,8-11,15H2,1-2H3,(H,29,30)(H2,27,31,32). The number of imidazole rings is 1. The number of nitrogens with zero attached hydrogens (tertiary/aromatic N) is 2. The third kappa shape index (κ3) is 4.92. The highest BCUT2D eigenvalue weighted by Crippen LogP contribution is 2.42. The van der Waals surface area contributed by atoms with Crippen molar-refractivity contribution in [1.82, 2.24) is 15.0 Å². The summed E-state index contributed by atoms with van der Waals surface area (Å²) in [6.45, 7) is 4.20. The number of aryl methyl sites for hydroxylation is 1. The smallest absolute Gasteiger partial charge is 0.231 e. The van der Waals surface area contributed by atoms with Crippen LogP contribution in [0, 0.1) is 12.8 Å². The van der Waals surface area contributed by atoms with Gasteiger partial charge in [-0.25, -0.2) is 18.5 Å². The molecule has 1 aliphatic carbocycles. The van der Waals surface area contributed by atoms with E-state index >= 15 is 0 Å². The zero-order valence-electron chi connectivity index (χ0n) is 20.2. The Labute approximate surface area is 206 Å². The van der Waals surface area contributed by atoms with Crippen LogP contribution in [0.4, 0.5) is 0 Å². The van der Waals surface area contributed by atoms with Crippen molar-refractivity contribution in [2.45, 2.75) is 63.5 Å². The van der Waals surface area contributed by atoms with Gasteiger partial charge in [0.1, 0.15) is 5.82 Å². The van der Waals surface area contributed by atoms with Gasteiger partial charge in [-0.3, -0.25) is 4.98 Å². The molecule has 0 radical (unpaired) electrons. The largest absolute Gasteiger partial charge is 0.454 e. The Morgan fingerprint density at radius 2 is 1.86 bits per heavy atom. The molecule has 0 amide bonds. The number of fused-ring (bicyclic) bond motifs is 1. The predicted octanol–water partition coefficient (Wildman–Crippen LogP) is 4.91. The zero-order chi connectivity index (χ0) is 24.6. The molecule has 2 aromatic heterocycles. The molecule has 9 heteroatoms. The fraction of sp³-hybridized carbons (Fsp3) is 0.462. The van der Waals surface area contributed by atoms with E-state index in [4.69, 9.17) is 24.6 Å². The van der Waals surface area contributed by atoms with Crippen LogP contribution in [-0.2, 0) is 10.0 Å². The predicted molar refractivity (Wildman–Crippen MR) is 135 cm³/mol. The highest BCUT2D eigenvalue weighted by molar-refractivity contribution is 7.89. The van der Waals surface area contributed by atoms with E-state index in [1.54, 1.807) is 0 Å². The molecule has 0 saturated heterocycles. The van der Waals surface area contributed by atoms with Crippen LogP contribution in [0.25, 0.3) is 22.6 Å². The highest BCUT2D eigenvalue weighted by atomic mass is 32.2. The summed E-state index contributed by atoms with van der Waals surface area (Å²) in [4.78, 5) is 13.4. The Balaban J connectivity index is 1.45. The van der Waals surface area contributed by atoms with Gasteiger partial charge in [-0.15, -0.1) is 0 Å². The van der Waals surface area contributed by atoms with Crippen molar-refractivity contribution < 1.29 is 17.9 Å². The molecule has 1 atom stereocenters. The van der Waals surface area contributed by atoms with Crippen molar-refractivity contribution in [3.63, 3.8) is 0 Å². The van der Waals surface area contributed by atoms with Gasteiger partial charge >= 0.3 is 0 Å². The SMILES string of the molecule is CCCC(C1CCC(c2nc(-c3ccc4c(c3)OCO4)c(-c3cccc(C)n3)[nH]2)CC1)S(N)(=O)=O. The molecule has 0 bridgehead atoms. The molecule has 1 unspecified atom stereocenters. The van der Waals surface area contributed by atoms with Gasteiger partial charge in [-0.1, -0.05) is 19.4 Å². The Morgan fingerprint density at radius 3 is 2.57 bits per heavy atom. The number of pyridine rings is 1. The maximum atomic E-state index is 12.2. The molecule has 8 nitrogen and oxygen atoms in total. The summed E-state index contributed by atoms with van der Waals surface area (Å²) in [5.41, 5.74) is 4.40. The van der Waals surface area contributed by atoms with Crippen molar-refractivity contribution in [2.24, 2.45) is 11.1 Å². The number of sulfonamides is 1. The van der Waals surface area contributed by atoms with Crippen LogP contribution in [0.3, 0.4) is 0 Å². The van der Waals surface area contributed by atoms with E-state index in [9.17, 15) is 8.42 Å². The number of H-pyrrole nitrogens is 1. The van der Waals surface area contributed by atoms with E-state index in [0.29, 0.717) is 12.2 Å². The van der Waals surface area contributed by atoms with Crippen LogP contribution >= 0.6 is 0 Å². The van der Waals surface area contributed by atoms with Crippen molar-refractivity contribution in [1.29, 1.82) is 0 Å². The Hall–Kier alpha value is -2.91. The lowest BCUT2D eigenvalue weighted by Crippen LogP contribution is -2.36. The zero-order valence-corrected chi connectivity index (χ0v) is 21.0. The van der Waals surface area contributed by atoms with Gasteiger partial charge in [0, 0.05) is 17.2 Å². The first-order valence-corrected chi connectivity index (χ1v) is 13.9. The van der Waals surface area contributed by atoms with E-state index in [1.807, 2.05) is 50.2 Å². The molecule has 0 spiro atoms. The number of ether oxygens (including phenoxy) is 2. The lowest BCUT2D eigenvalue weighted by Gasteiger charge is -2.32. The average molecular weight is 497 g/mol. The van der Waals surface area contributed by atoms with Crippen LogP contribution in [-0.4, -0.2) is 35.4 Å². The summed E-state index contributed by atoms with van der Waals surface area (Å²) in [6.07, 6.45) is 4.81. The monoisotopic (exact) mass is 496 g/mol. The van der Waals surface area contributed by atoms with Gasteiger partial charge in [0.15, 0.2) is 11.5 Å². The second-order valence-electron chi connectivity index (χ2n) is 9.61. The van der Waals surface area contributed by atoms with Crippen molar-refractivity contribution in [3.8, 4) is 34.1 Å². The lowest BCUT2D eigenvalue weighted by atomic mass is 9.79. The summed E-state index contributed by atoms with van der Waals surface area (Å²) in [7, 11) is -3.55. The molecule has 1 fully saturated rings. The minimum absolute atomic E-state index is 0.0994. The molecule has 1 saturated carbocycles. The molecular formula is C26H32N4O4S. The summed E-state index contributed by atoms with van der Waals surface area (Å²) >= 11 is 0. The second kappa shape index (κ2) is 9.62. The summed E-state index contributed by atoms with van der Waals surface area (Å²) < 4.78 is 35.4. The van der Waals surface area contributed by atoms with Gasteiger partial charge in [0.2, 0.25) is 16.8 Å². The van der Waals surface area contributed by atoms with Crippen LogP contribution in [0.1, 0.15) is 62.9 Å². The van der Waals surface area contributed by atoms with Gasteiger partial charge in [0.05, 0.1) is 22.3 Å². The first-order chi connectivity index (χ1) is 16.8. The van der Waals surface area contributed by atoms with Crippen LogP contribution in [0.15, 0.2) is 36.4 Å². The summed E-state index contributed by atoms with van der Waals surface area (Å²) in [5, 5.41) is 5.12. The summed E-state index contributed by atoms with van der Waals surface area (Å²) in [6, 6.07) is 11.8. The lowest BCUT2D eigenvalue weighted by molar-refractivity contribution is 0.174. The fourth-order valence-corrected chi connectivity index (χ4v) is 6.80. The quantitative estimate of drug-likeness (QED) is 0.480. The van der Waals surface area contributed by atoms with Gasteiger partial charge in [0.25, 0.3) is 0 Å². The first kappa shape index (κ1) is 23.8. The van der Waals surface area contributed by atoms with E-state index in [1.165, 1.54) is 0 Å². The minimum atomic E-state index is -3.55. The molecule has 2 aliphatic rings. The number of rotatable bonds is 7. The van der Waals surface area contributed by atoms with Crippen molar-refractivity contribution in [2.75, 3.05) is 6.79 Å². The third-order valence-corrected chi connectivity index (χ3v) is 8.66. The van der Waals surface area contributed by atoms with Crippen LogP contribution < -0.4 is 14.6 Å². The number of nitrogens with one attached hydrogen (secondary N) is 1. The van der Waals surface area contributed by atoms with Gasteiger partial charge in [-0.05, 0) is 75.3 Å². The number of hydrogen-bond donors (Lipinski definition) is 2. The Morgan fingerprint density at radius 1 is 1.09 bits per heavy atom. The molecule has 5 rings (SSSR count). The Bertz CT molecular complexity index is 1310. The maximum Gasteiger partial charge on any atom is 0.231 e. The number of aromatic nitrogens is 3. The first-order valence-electron chi connectivity index (χ1n) is 12.3. The second-order valence-corrected chi connectivity index (χ2v) is 11.4.